The van der Waals surface area contributed by atoms with Crippen LogP contribution >= 0.6 is 0 Å². The number of aromatic nitrogens is 1. The van der Waals surface area contributed by atoms with Gasteiger partial charge in [0.25, 0.3) is 5.91 Å². The van der Waals surface area contributed by atoms with E-state index in [9.17, 15) is 9.59 Å². The number of pyridine rings is 1. The van der Waals surface area contributed by atoms with Crippen molar-refractivity contribution in [1.82, 2.24) is 15.8 Å². The zero-order valence-electron chi connectivity index (χ0n) is 8.31. The molecule has 2 rings (SSSR count). The fourth-order valence-corrected chi connectivity index (χ4v) is 1.35. The summed E-state index contributed by atoms with van der Waals surface area (Å²) >= 11 is 0. The molecule has 0 fully saturated rings. The van der Waals surface area contributed by atoms with E-state index in [0.717, 1.165) is 10.9 Å². The number of fused-ring (bicyclic) bond motifs is 1. The molecule has 0 saturated heterocycles. The van der Waals surface area contributed by atoms with E-state index >= 15 is 0 Å². The van der Waals surface area contributed by atoms with Crippen molar-refractivity contribution in [2.45, 2.75) is 0 Å². The molecule has 2 amide bonds. The number of nitrogens with one attached hydrogen (secondary N) is 2. The van der Waals surface area contributed by atoms with Crippen LogP contribution in [0.4, 0.5) is 0 Å². The van der Waals surface area contributed by atoms with Gasteiger partial charge in [-0.15, -0.1) is 0 Å². The standard InChI is InChI=1S/C11H9N3O2/c15-7-12-14-11(16)10-6-5-8-3-1-2-4-9(8)13-10/h1-7H,(H,12,15)(H,14,16). The summed E-state index contributed by atoms with van der Waals surface area (Å²) in [4.78, 5) is 25.6. The Morgan fingerprint density at radius 3 is 2.81 bits per heavy atom. The fourth-order valence-electron chi connectivity index (χ4n) is 1.35. The Balaban J connectivity index is 2.32. The molecule has 0 unspecified atom stereocenters. The maximum atomic E-state index is 11.5. The lowest BCUT2D eigenvalue weighted by atomic mass is 10.2. The molecule has 0 radical (unpaired) electrons. The maximum absolute atomic E-state index is 11.5. The maximum Gasteiger partial charge on any atom is 0.288 e. The second-order valence-electron chi connectivity index (χ2n) is 3.11. The number of hydrazine groups is 1. The number of hydrogen-bond acceptors (Lipinski definition) is 3. The van der Waals surface area contributed by atoms with Crippen molar-refractivity contribution in [2.24, 2.45) is 0 Å². The zero-order valence-corrected chi connectivity index (χ0v) is 8.31. The van der Waals surface area contributed by atoms with Crippen molar-refractivity contribution in [2.75, 3.05) is 0 Å². The number of rotatable bonds is 3. The molecular formula is C11H9N3O2. The van der Waals surface area contributed by atoms with Crippen molar-refractivity contribution < 1.29 is 9.59 Å². The van der Waals surface area contributed by atoms with Gasteiger partial charge in [-0.3, -0.25) is 20.4 Å². The number of para-hydroxylation sites is 1. The van der Waals surface area contributed by atoms with Crippen LogP contribution in [0.1, 0.15) is 10.5 Å². The average Bonchev–Trinajstić information content (AvgIpc) is 2.35. The SMILES string of the molecule is O=CNNC(=O)c1ccc2ccccc2n1. The first kappa shape index (κ1) is 10.1. The van der Waals surface area contributed by atoms with Crippen molar-refractivity contribution in [3.05, 3.63) is 42.1 Å². The predicted octanol–water partition coefficient (Wildman–Crippen LogP) is 0.626. The first-order valence-corrected chi connectivity index (χ1v) is 4.66. The lowest BCUT2D eigenvalue weighted by molar-refractivity contribution is -0.110. The third kappa shape index (κ3) is 1.98. The van der Waals surface area contributed by atoms with Crippen molar-refractivity contribution in [3.63, 3.8) is 0 Å². The van der Waals surface area contributed by atoms with E-state index in [1.807, 2.05) is 24.3 Å². The molecule has 2 aromatic rings. The number of nitrogens with zero attached hydrogens (tertiary/aromatic N) is 1. The monoisotopic (exact) mass is 215 g/mol. The molecule has 0 atom stereocenters. The summed E-state index contributed by atoms with van der Waals surface area (Å²) < 4.78 is 0. The summed E-state index contributed by atoms with van der Waals surface area (Å²) in [5, 5.41) is 0.961. The molecule has 0 aliphatic heterocycles. The molecule has 0 bridgehead atoms. The Morgan fingerprint density at radius 1 is 1.19 bits per heavy atom. The second-order valence-corrected chi connectivity index (χ2v) is 3.11. The minimum Gasteiger partial charge on any atom is -0.277 e. The third-order valence-corrected chi connectivity index (χ3v) is 2.08. The third-order valence-electron chi connectivity index (χ3n) is 2.08. The average molecular weight is 215 g/mol. The van der Waals surface area contributed by atoms with Gasteiger partial charge in [0.2, 0.25) is 6.41 Å². The normalized spacial score (nSPS) is 9.75. The first-order valence-electron chi connectivity index (χ1n) is 4.66. The van der Waals surface area contributed by atoms with Crippen molar-refractivity contribution in [3.8, 4) is 0 Å². The van der Waals surface area contributed by atoms with Crippen molar-refractivity contribution in [1.29, 1.82) is 0 Å². The lowest BCUT2D eigenvalue weighted by Gasteiger charge is -2.03. The van der Waals surface area contributed by atoms with E-state index in [-0.39, 0.29) is 5.69 Å². The molecule has 16 heavy (non-hydrogen) atoms. The highest BCUT2D eigenvalue weighted by Gasteiger charge is 2.06. The Kier molecular flexibility index (Phi) is 2.77. The number of carbonyl (C=O) groups excluding carboxylic acids is 2. The topological polar surface area (TPSA) is 71.1 Å². The molecule has 2 N–H and O–H groups in total. The van der Waals surface area contributed by atoms with Crippen LogP contribution < -0.4 is 10.9 Å². The van der Waals surface area contributed by atoms with Crippen LogP contribution in [0.15, 0.2) is 36.4 Å². The molecule has 1 heterocycles. The molecule has 0 aliphatic rings. The molecule has 0 spiro atoms. The van der Waals surface area contributed by atoms with E-state index < -0.39 is 5.91 Å². The second kappa shape index (κ2) is 4.39. The van der Waals surface area contributed by atoms with Gasteiger partial charge in [0.05, 0.1) is 5.52 Å². The molecule has 5 heteroatoms. The van der Waals surface area contributed by atoms with Gasteiger partial charge < -0.3 is 0 Å². The minimum absolute atomic E-state index is 0.257. The highest BCUT2D eigenvalue weighted by molar-refractivity contribution is 5.95. The summed E-state index contributed by atoms with van der Waals surface area (Å²) in [7, 11) is 0. The van der Waals surface area contributed by atoms with E-state index in [1.54, 1.807) is 12.1 Å². The number of benzene rings is 1. The summed E-state index contributed by atoms with van der Waals surface area (Å²) in [6.45, 7) is 0. The van der Waals surface area contributed by atoms with Crippen molar-refractivity contribution >= 4 is 23.2 Å². The number of carbonyl (C=O) groups is 2. The van der Waals surface area contributed by atoms with Gasteiger partial charge in [-0.1, -0.05) is 24.3 Å². The molecule has 80 valence electrons. The summed E-state index contributed by atoms with van der Waals surface area (Å²) in [5.74, 6) is -0.446. The first-order chi connectivity index (χ1) is 7.81. The van der Waals surface area contributed by atoms with E-state index in [4.69, 9.17) is 0 Å². The highest BCUT2D eigenvalue weighted by Crippen LogP contribution is 2.11. The summed E-state index contributed by atoms with van der Waals surface area (Å²) in [6.07, 6.45) is 0.388. The van der Waals surface area contributed by atoms with E-state index in [1.165, 1.54) is 0 Å². The molecular weight excluding hydrogens is 206 g/mol. The predicted molar refractivity (Wildman–Crippen MR) is 58.4 cm³/mol. The molecule has 1 aromatic carbocycles. The largest absolute Gasteiger partial charge is 0.288 e. The van der Waals surface area contributed by atoms with Gasteiger partial charge in [-0.2, -0.15) is 0 Å². The smallest absolute Gasteiger partial charge is 0.277 e. The van der Waals surface area contributed by atoms with Gasteiger partial charge in [0.15, 0.2) is 0 Å². The Morgan fingerprint density at radius 2 is 2.00 bits per heavy atom. The molecule has 0 saturated carbocycles. The van der Waals surface area contributed by atoms with Gasteiger partial charge in [-0.25, -0.2) is 4.98 Å². The summed E-state index contributed by atoms with van der Waals surface area (Å²) in [6, 6.07) is 10.9. The van der Waals surface area contributed by atoms with Gasteiger partial charge in [0, 0.05) is 5.39 Å². The van der Waals surface area contributed by atoms with E-state index in [0.29, 0.717) is 6.41 Å². The van der Waals surface area contributed by atoms with Crippen LogP contribution in [0.25, 0.3) is 10.9 Å². The van der Waals surface area contributed by atoms with Crippen LogP contribution in [0.5, 0.6) is 0 Å². The van der Waals surface area contributed by atoms with Gasteiger partial charge in [-0.05, 0) is 12.1 Å². The van der Waals surface area contributed by atoms with Crippen LogP contribution in [0.3, 0.4) is 0 Å². The number of amides is 2. The lowest BCUT2D eigenvalue weighted by Crippen LogP contribution is -2.36. The van der Waals surface area contributed by atoms with Gasteiger partial charge in [0.1, 0.15) is 5.69 Å². The quantitative estimate of drug-likeness (QED) is 0.582. The van der Waals surface area contributed by atoms with Gasteiger partial charge >= 0.3 is 0 Å². The Labute approximate surface area is 91.5 Å². The zero-order chi connectivity index (χ0) is 11.4. The van der Waals surface area contributed by atoms with Crippen LogP contribution in [0.2, 0.25) is 0 Å². The van der Waals surface area contributed by atoms with Crippen LogP contribution in [-0.4, -0.2) is 17.3 Å². The molecule has 5 nitrogen and oxygen atoms in total. The van der Waals surface area contributed by atoms with Crippen LogP contribution in [-0.2, 0) is 4.79 Å². The van der Waals surface area contributed by atoms with E-state index in [2.05, 4.69) is 15.8 Å². The minimum atomic E-state index is -0.446. The van der Waals surface area contributed by atoms with Crippen LogP contribution in [0, 0.1) is 0 Å². The Bertz CT molecular complexity index is 539. The molecule has 0 aliphatic carbocycles. The molecule has 1 aromatic heterocycles. The fraction of sp³-hybridized carbons (Fsp3) is 0. The highest BCUT2D eigenvalue weighted by atomic mass is 16.2. The Hall–Kier alpha value is -2.43. The summed E-state index contributed by atoms with van der Waals surface area (Å²) in [5.41, 5.74) is 5.26. The number of hydrogen-bond donors (Lipinski definition) is 2.